The maximum atomic E-state index is 10.7. The molecule has 0 saturated heterocycles. The summed E-state index contributed by atoms with van der Waals surface area (Å²) in [5.74, 6) is -0.0297. The molecule has 0 spiro atoms. The molecule has 0 heterocycles. The maximum absolute atomic E-state index is 10.7. The first-order chi connectivity index (χ1) is 6.99. The molecule has 0 aromatic carbocycles. The molecule has 0 aliphatic rings. The number of hydrogen-bond donors (Lipinski definition) is 1. The minimum absolute atomic E-state index is 0.114. The van der Waals surface area contributed by atoms with E-state index in [9.17, 15) is 4.79 Å². The van der Waals surface area contributed by atoms with E-state index < -0.39 is 5.97 Å². The molecule has 2 atom stereocenters. The Morgan fingerprint density at radius 2 is 1.93 bits per heavy atom. The summed E-state index contributed by atoms with van der Waals surface area (Å²) >= 11 is 0. The van der Waals surface area contributed by atoms with Crippen LogP contribution in [0.15, 0.2) is 0 Å². The number of ether oxygens (including phenoxy) is 1. The Hall–Kier alpha value is -0.570. The van der Waals surface area contributed by atoms with Crippen LogP contribution in [0.5, 0.6) is 0 Å². The minimum atomic E-state index is -0.774. The fourth-order valence-corrected chi connectivity index (χ4v) is 1.38. The topological polar surface area (TPSA) is 46.5 Å². The molecule has 0 fully saturated rings. The molecule has 0 aromatic rings. The van der Waals surface area contributed by atoms with Gasteiger partial charge in [-0.05, 0) is 18.3 Å². The molecule has 0 saturated carbocycles. The van der Waals surface area contributed by atoms with E-state index >= 15 is 0 Å². The smallest absolute Gasteiger partial charge is 0.305 e. The van der Waals surface area contributed by atoms with E-state index in [1.807, 2.05) is 0 Å². The van der Waals surface area contributed by atoms with Gasteiger partial charge < -0.3 is 9.84 Å². The lowest BCUT2D eigenvalue weighted by atomic mass is 9.90. The van der Waals surface area contributed by atoms with E-state index in [-0.39, 0.29) is 18.4 Å². The maximum Gasteiger partial charge on any atom is 0.305 e. The summed E-state index contributed by atoms with van der Waals surface area (Å²) < 4.78 is 5.64. The summed E-state index contributed by atoms with van der Waals surface area (Å²) in [6, 6.07) is 0. The normalized spacial score (nSPS) is 15.3. The fraction of sp³-hybridized carbons (Fsp3) is 0.917. The molecular formula is C12H24O3. The molecule has 0 bridgehead atoms. The van der Waals surface area contributed by atoms with Gasteiger partial charge in [0.1, 0.15) is 0 Å². The lowest BCUT2D eigenvalue weighted by Gasteiger charge is -2.25. The Kier molecular flexibility index (Phi) is 7.39. The van der Waals surface area contributed by atoms with E-state index in [0.717, 1.165) is 12.8 Å². The molecule has 0 radical (unpaired) electrons. The van der Waals surface area contributed by atoms with E-state index in [4.69, 9.17) is 9.84 Å². The van der Waals surface area contributed by atoms with Crippen molar-refractivity contribution in [3.8, 4) is 0 Å². The van der Waals surface area contributed by atoms with E-state index in [1.165, 1.54) is 0 Å². The predicted octanol–water partition coefficient (Wildman–Crippen LogP) is 2.94. The van der Waals surface area contributed by atoms with E-state index in [2.05, 4.69) is 27.7 Å². The number of hydrogen-bond acceptors (Lipinski definition) is 2. The number of carboxylic acid groups (broad SMARTS) is 1. The number of rotatable bonds is 8. The Bertz CT molecular complexity index is 178. The molecule has 3 heteroatoms. The van der Waals surface area contributed by atoms with Crippen molar-refractivity contribution < 1.29 is 14.6 Å². The first-order valence-electron chi connectivity index (χ1n) is 5.82. The summed E-state index contributed by atoms with van der Waals surface area (Å²) in [5, 5.41) is 8.79. The van der Waals surface area contributed by atoms with Gasteiger partial charge in [0.05, 0.1) is 12.5 Å². The zero-order valence-electron chi connectivity index (χ0n) is 10.3. The second-order valence-electron chi connectivity index (χ2n) is 4.46. The molecule has 1 N–H and O–H groups in total. The quantitative estimate of drug-likeness (QED) is 0.634. The van der Waals surface area contributed by atoms with Crippen LogP contribution in [0.3, 0.4) is 0 Å². The lowest BCUT2D eigenvalue weighted by Crippen LogP contribution is -2.28. The minimum Gasteiger partial charge on any atom is -0.481 e. The molecule has 15 heavy (non-hydrogen) atoms. The Balaban J connectivity index is 4.11. The van der Waals surface area contributed by atoms with Crippen LogP contribution in [0.2, 0.25) is 0 Å². The van der Waals surface area contributed by atoms with Crippen molar-refractivity contribution in [2.75, 3.05) is 6.61 Å². The van der Waals surface area contributed by atoms with Crippen LogP contribution in [0.4, 0.5) is 0 Å². The lowest BCUT2D eigenvalue weighted by molar-refractivity contribution is -0.141. The van der Waals surface area contributed by atoms with Crippen LogP contribution < -0.4 is 0 Å². The number of unbranched alkanes of at least 4 members (excludes halogenated alkanes) is 1. The van der Waals surface area contributed by atoms with Gasteiger partial charge in [0.25, 0.3) is 0 Å². The Morgan fingerprint density at radius 1 is 1.33 bits per heavy atom. The summed E-state index contributed by atoms with van der Waals surface area (Å²) in [7, 11) is 0. The van der Waals surface area contributed by atoms with Gasteiger partial charge >= 0.3 is 5.97 Å². The van der Waals surface area contributed by atoms with Crippen LogP contribution in [0.25, 0.3) is 0 Å². The van der Waals surface area contributed by atoms with Crippen molar-refractivity contribution in [1.29, 1.82) is 0 Å². The monoisotopic (exact) mass is 216 g/mol. The summed E-state index contributed by atoms with van der Waals surface area (Å²) in [6.07, 6.45) is 2.05. The molecule has 3 nitrogen and oxygen atoms in total. The highest BCUT2D eigenvalue weighted by molar-refractivity contribution is 5.67. The molecule has 0 aliphatic heterocycles. The molecule has 0 amide bonds. The third kappa shape index (κ3) is 6.50. The Morgan fingerprint density at radius 3 is 2.33 bits per heavy atom. The Labute approximate surface area is 92.8 Å². The second kappa shape index (κ2) is 7.69. The average molecular weight is 216 g/mol. The van der Waals surface area contributed by atoms with Gasteiger partial charge in [-0.3, -0.25) is 4.79 Å². The third-order valence-corrected chi connectivity index (χ3v) is 2.84. The van der Waals surface area contributed by atoms with Gasteiger partial charge in [0.15, 0.2) is 0 Å². The van der Waals surface area contributed by atoms with Crippen molar-refractivity contribution in [3.63, 3.8) is 0 Å². The fourth-order valence-electron chi connectivity index (χ4n) is 1.38. The van der Waals surface area contributed by atoms with Gasteiger partial charge in [-0.2, -0.15) is 0 Å². The number of carbonyl (C=O) groups is 1. The average Bonchev–Trinajstić information content (AvgIpc) is 2.14. The molecule has 0 aromatic heterocycles. The van der Waals surface area contributed by atoms with Crippen molar-refractivity contribution in [1.82, 2.24) is 0 Å². The predicted molar refractivity (Wildman–Crippen MR) is 60.9 cm³/mol. The van der Waals surface area contributed by atoms with Gasteiger partial charge in [0.2, 0.25) is 0 Å². The van der Waals surface area contributed by atoms with Gasteiger partial charge in [-0.25, -0.2) is 0 Å². The molecule has 0 rings (SSSR count). The van der Waals surface area contributed by atoms with Crippen LogP contribution in [-0.2, 0) is 9.53 Å². The van der Waals surface area contributed by atoms with Gasteiger partial charge in [-0.1, -0.05) is 34.1 Å². The highest BCUT2D eigenvalue weighted by Gasteiger charge is 2.23. The number of aliphatic carboxylic acids is 1. The van der Waals surface area contributed by atoms with E-state index in [1.54, 1.807) is 0 Å². The van der Waals surface area contributed by atoms with Gasteiger partial charge in [0, 0.05) is 6.61 Å². The first-order valence-corrected chi connectivity index (χ1v) is 5.82. The number of carboxylic acids is 1. The van der Waals surface area contributed by atoms with Crippen LogP contribution in [0, 0.1) is 11.8 Å². The van der Waals surface area contributed by atoms with Crippen molar-refractivity contribution in [2.45, 2.75) is 53.1 Å². The van der Waals surface area contributed by atoms with Crippen molar-refractivity contribution in [2.24, 2.45) is 11.8 Å². The largest absolute Gasteiger partial charge is 0.481 e. The van der Waals surface area contributed by atoms with Crippen LogP contribution in [-0.4, -0.2) is 23.8 Å². The summed E-state index contributed by atoms with van der Waals surface area (Å²) in [5.41, 5.74) is 0. The molecule has 0 aliphatic carbocycles. The molecule has 90 valence electrons. The van der Waals surface area contributed by atoms with Crippen molar-refractivity contribution >= 4 is 5.97 Å². The SMILES string of the molecule is CCCCO[C@@H](CC(=O)O)C(C)C(C)C. The van der Waals surface area contributed by atoms with Crippen molar-refractivity contribution in [3.05, 3.63) is 0 Å². The standard InChI is InChI=1S/C12H24O3/c1-5-6-7-15-11(8-12(13)14)10(4)9(2)3/h9-11H,5-8H2,1-4H3,(H,13,14)/t10?,11-/m0/s1. The molecular weight excluding hydrogens is 192 g/mol. The zero-order valence-corrected chi connectivity index (χ0v) is 10.3. The highest BCUT2D eigenvalue weighted by Crippen LogP contribution is 2.20. The third-order valence-electron chi connectivity index (χ3n) is 2.84. The summed E-state index contributed by atoms with van der Waals surface area (Å²) in [4.78, 5) is 10.7. The second-order valence-corrected chi connectivity index (χ2v) is 4.46. The molecule has 1 unspecified atom stereocenters. The van der Waals surface area contributed by atoms with Gasteiger partial charge in [-0.15, -0.1) is 0 Å². The highest BCUT2D eigenvalue weighted by atomic mass is 16.5. The van der Waals surface area contributed by atoms with E-state index in [0.29, 0.717) is 12.5 Å². The first kappa shape index (κ1) is 14.4. The zero-order chi connectivity index (χ0) is 11.8. The van der Waals surface area contributed by atoms with Crippen LogP contribution in [0.1, 0.15) is 47.0 Å². The van der Waals surface area contributed by atoms with Crippen LogP contribution >= 0.6 is 0 Å². The summed E-state index contributed by atoms with van der Waals surface area (Å²) in [6.45, 7) is 9.03.